The van der Waals surface area contributed by atoms with Crippen molar-refractivity contribution in [2.75, 3.05) is 46.3 Å². The highest BCUT2D eigenvalue weighted by molar-refractivity contribution is 5.79. The van der Waals surface area contributed by atoms with Crippen molar-refractivity contribution in [3.05, 3.63) is 47.5 Å². The van der Waals surface area contributed by atoms with Crippen molar-refractivity contribution < 1.29 is 33.6 Å². The highest BCUT2D eigenvalue weighted by Gasteiger charge is 2.47. The highest BCUT2D eigenvalue weighted by atomic mass is 16.7. The molecule has 3 aliphatic heterocycles. The third kappa shape index (κ3) is 5.77. The number of nitrogens with zero attached hydrogens (tertiary/aromatic N) is 2. The summed E-state index contributed by atoms with van der Waals surface area (Å²) in [6.07, 6.45) is 3.02. The van der Waals surface area contributed by atoms with Crippen LogP contribution >= 0.6 is 0 Å². The lowest BCUT2D eigenvalue weighted by Gasteiger charge is -2.29. The average Bonchev–Trinajstić information content (AvgIpc) is 3.68. The van der Waals surface area contributed by atoms with Gasteiger partial charge in [-0.25, -0.2) is 0 Å². The Kier molecular flexibility index (Phi) is 8.42. The van der Waals surface area contributed by atoms with E-state index in [-0.39, 0.29) is 38.0 Å². The van der Waals surface area contributed by atoms with E-state index in [2.05, 4.69) is 6.92 Å². The number of carboxylic acids is 1. The predicted molar refractivity (Wildman–Crippen MR) is 143 cm³/mol. The molecule has 0 bridgehead atoms. The van der Waals surface area contributed by atoms with Gasteiger partial charge in [0.25, 0.3) is 0 Å². The minimum atomic E-state index is -0.875. The van der Waals surface area contributed by atoms with Gasteiger partial charge in [-0.15, -0.1) is 0 Å². The molecule has 2 aromatic carbocycles. The van der Waals surface area contributed by atoms with E-state index >= 15 is 0 Å². The summed E-state index contributed by atoms with van der Waals surface area (Å²) in [6, 6.07) is 11.0. The molecule has 3 N–H and O–H groups in total. The Balaban J connectivity index is 1.42. The number of rotatable bonds is 12. The van der Waals surface area contributed by atoms with E-state index < -0.39 is 11.9 Å². The van der Waals surface area contributed by atoms with E-state index in [0.717, 1.165) is 24.0 Å². The van der Waals surface area contributed by atoms with Crippen LogP contribution in [0.5, 0.6) is 23.0 Å². The molecule has 3 heterocycles. The number of carboxylic acid groups (broad SMARTS) is 1. The first-order chi connectivity index (χ1) is 19.0. The molecule has 3 unspecified atom stereocenters. The lowest BCUT2D eigenvalue weighted by molar-refractivity contribution is -0.143. The zero-order valence-electron chi connectivity index (χ0n) is 22.3. The fourth-order valence-electron chi connectivity index (χ4n) is 5.96. The number of carbonyl (C=O) groups excluding carboxylic acids is 1. The first-order valence-corrected chi connectivity index (χ1v) is 13.7. The van der Waals surface area contributed by atoms with Crippen LogP contribution in [0.4, 0.5) is 0 Å². The summed E-state index contributed by atoms with van der Waals surface area (Å²) >= 11 is 0. The van der Waals surface area contributed by atoms with Gasteiger partial charge in [-0.05, 0) is 48.6 Å². The van der Waals surface area contributed by atoms with E-state index in [1.807, 2.05) is 41.3 Å². The van der Waals surface area contributed by atoms with Crippen LogP contribution in [0.15, 0.2) is 36.4 Å². The van der Waals surface area contributed by atoms with Gasteiger partial charge in [0.1, 0.15) is 0 Å². The lowest BCUT2D eigenvalue weighted by Crippen LogP contribution is -2.45. The van der Waals surface area contributed by atoms with Gasteiger partial charge in [0.15, 0.2) is 23.0 Å². The van der Waals surface area contributed by atoms with Crippen molar-refractivity contribution >= 4 is 11.9 Å². The number of aliphatic carboxylic acids is 1. The van der Waals surface area contributed by atoms with Gasteiger partial charge < -0.3 is 34.7 Å². The summed E-state index contributed by atoms with van der Waals surface area (Å²) in [7, 11) is 0. The first kappa shape index (κ1) is 27.1. The summed E-state index contributed by atoms with van der Waals surface area (Å²) in [5.41, 5.74) is 7.65. The van der Waals surface area contributed by atoms with Gasteiger partial charge in [-0.2, -0.15) is 0 Å². The van der Waals surface area contributed by atoms with E-state index in [1.165, 1.54) is 0 Å². The maximum Gasteiger partial charge on any atom is 0.308 e. The molecule has 1 fully saturated rings. The zero-order chi connectivity index (χ0) is 27.4. The second kappa shape index (κ2) is 12.1. The summed E-state index contributed by atoms with van der Waals surface area (Å²) in [4.78, 5) is 30.1. The van der Waals surface area contributed by atoms with E-state index in [9.17, 15) is 14.7 Å². The van der Waals surface area contributed by atoms with Crippen LogP contribution < -0.4 is 24.7 Å². The number of benzene rings is 2. The van der Waals surface area contributed by atoms with Crippen LogP contribution in [0.2, 0.25) is 0 Å². The highest BCUT2D eigenvalue weighted by Crippen LogP contribution is 2.44. The largest absolute Gasteiger partial charge is 0.481 e. The van der Waals surface area contributed by atoms with Crippen LogP contribution in [-0.4, -0.2) is 79.1 Å². The molecule has 0 radical (unpaired) electrons. The number of aryl methyl sites for hydroxylation is 1. The predicted octanol–water partition coefficient (Wildman–Crippen LogP) is 2.83. The lowest BCUT2D eigenvalue weighted by atomic mass is 9.83. The number of likely N-dealkylation sites (tertiary alicyclic amines) is 1. The molecule has 3 atom stereocenters. The number of hydrogen-bond acceptors (Lipinski definition) is 8. The topological polar surface area (TPSA) is 124 Å². The number of fused-ring (bicyclic) bond motifs is 2. The molecule has 0 aliphatic carbocycles. The van der Waals surface area contributed by atoms with E-state index in [0.29, 0.717) is 62.0 Å². The SMILES string of the molecule is CCCCN(CCN)C(=O)CN1CC(c2ccc3c(c2)OCO3)C(C(=O)O)C1CCc1cccc2c1OCO2. The number of ether oxygens (including phenoxy) is 4. The molecule has 10 heteroatoms. The first-order valence-electron chi connectivity index (χ1n) is 13.7. The molecule has 1 saturated heterocycles. The number of amides is 1. The van der Waals surface area contributed by atoms with Crippen molar-refractivity contribution in [2.45, 2.75) is 44.6 Å². The Morgan fingerprint density at radius 2 is 1.85 bits per heavy atom. The zero-order valence-corrected chi connectivity index (χ0v) is 22.3. The van der Waals surface area contributed by atoms with E-state index in [1.54, 1.807) is 4.90 Å². The molecule has 39 heavy (non-hydrogen) atoms. The number of nitrogens with two attached hydrogens (primary N) is 1. The summed E-state index contributed by atoms with van der Waals surface area (Å²) < 4.78 is 22.3. The van der Waals surface area contributed by atoms with Crippen LogP contribution in [0.1, 0.15) is 43.2 Å². The fraction of sp³-hybridized carbons (Fsp3) is 0.517. The quantitative estimate of drug-likeness (QED) is 0.419. The van der Waals surface area contributed by atoms with Gasteiger partial charge >= 0.3 is 5.97 Å². The molecule has 0 spiro atoms. The molecule has 3 aliphatic rings. The Morgan fingerprint density at radius 3 is 2.64 bits per heavy atom. The molecule has 210 valence electrons. The van der Waals surface area contributed by atoms with Crippen molar-refractivity contribution in [3.8, 4) is 23.0 Å². The molecule has 10 nitrogen and oxygen atoms in total. The molecule has 2 aromatic rings. The third-order valence-corrected chi connectivity index (χ3v) is 7.92. The second-order valence-corrected chi connectivity index (χ2v) is 10.3. The number of unbranched alkanes of at least 4 members (excludes halogenated alkanes) is 1. The minimum Gasteiger partial charge on any atom is -0.481 e. The van der Waals surface area contributed by atoms with Gasteiger partial charge in [0.05, 0.1) is 12.5 Å². The monoisotopic (exact) mass is 539 g/mol. The molecular weight excluding hydrogens is 502 g/mol. The molecule has 0 saturated carbocycles. The number of para-hydroxylation sites is 1. The maximum absolute atomic E-state index is 13.4. The molecule has 1 amide bonds. The standard InChI is InChI=1S/C29H37N3O7/c1-2-3-12-31(13-11-30)26(33)16-32-15-21(20-8-10-23-25(14-20)38-17-36-23)27(29(34)35)22(32)9-7-19-5-4-6-24-28(19)39-18-37-24/h4-6,8,10,14,21-22,27H,2-3,7,9,11-13,15-18,30H2,1H3,(H,34,35). The third-order valence-electron chi connectivity index (χ3n) is 7.92. The summed E-state index contributed by atoms with van der Waals surface area (Å²) in [5.74, 6) is 0.777. The van der Waals surface area contributed by atoms with Crippen LogP contribution in [0, 0.1) is 5.92 Å². The second-order valence-electron chi connectivity index (χ2n) is 10.3. The van der Waals surface area contributed by atoms with E-state index in [4.69, 9.17) is 24.7 Å². The van der Waals surface area contributed by atoms with Crippen molar-refractivity contribution in [1.82, 2.24) is 9.80 Å². The van der Waals surface area contributed by atoms with Crippen molar-refractivity contribution in [1.29, 1.82) is 0 Å². The summed E-state index contributed by atoms with van der Waals surface area (Å²) in [5, 5.41) is 10.5. The number of hydrogen-bond donors (Lipinski definition) is 2. The van der Waals surface area contributed by atoms with Crippen LogP contribution in [0.25, 0.3) is 0 Å². The number of carbonyl (C=O) groups is 2. The Labute approximate surface area is 228 Å². The van der Waals surface area contributed by atoms with Crippen LogP contribution in [-0.2, 0) is 16.0 Å². The van der Waals surface area contributed by atoms with Gasteiger partial charge in [0, 0.05) is 38.1 Å². The molecule has 5 rings (SSSR count). The Bertz CT molecular complexity index is 1190. The van der Waals surface area contributed by atoms with Crippen LogP contribution in [0.3, 0.4) is 0 Å². The Morgan fingerprint density at radius 1 is 1.05 bits per heavy atom. The van der Waals surface area contributed by atoms with Crippen molar-refractivity contribution in [3.63, 3.8) is 0 Å². The average molecular weight is 540 g/mol. The minimum absolute atomic E-state index is 0.0216. The molecule has 0 aromatic heterocycles. The van der Waals surface area contributed by atoms with Crippen molar-refractivity contribution in [2.24, 2.45) is 11.7 Å². The van der Waals surface area contributed by atoms with Gasteiger partial charge in [-0.1, -0.05) is 31.5 Å². The molecular formula is C29H37N3O7. The normalized spacial score (nSPS) is 21.3. The summed E-state index contributed by atoms with van der Waals surface area (Å²) in [6.45, 7) is 4.52. The Hall–Kier alpha value is -3.50. The van der Waals surface area contributed by atoms with Gasteiger partial charge in [-0.3, -0.25) is 14.5 Å². The maximum atomic E-state index is 13.4. The van der Waals surface area contributed by atoms with Gasteiger partial charge in [0.2, 0.25) is 19.5 Å². The smallest absolute Gasteiger partial charge is 0.308 e. The fourth-order valence-corrected chi connectivity index (χ4v) is 5.96.